The Bertz CT molecular complexity index is 1080. The number of carbonyl (C=O) groups excluding carboxylic acids is 2. The predicted octanol–water partition coefficient (Wildman–Crippen LogP) is 2.27. The van der Waals surface area contributed by atoms with Crippen LogP contribution in [0.2, 0.25) is 5.02 Å². The first-order chi connectivity index (χ1) is 17.0. The quantitative estimate of drug-likeness (QED) is 0.232. The van der Waals surface area contributed by atoms with Crippen molar-refractivity contribution in [2.75, 3.05) is 32.0 Å². The number of rotatable bonds is 8. The van der Waals surface area contributed by atoms with Crippen molar-refractivity contribution in [2.24, 2.45) is 5.73 Å². The third kappa shape index (κ3) is 9.93. The number of amides is 2. The SMILES string of the molecule is CC(=O)O.CN1CCC(NC(=O)CNc2cc(C(=N)N)ccc2CNC(=O)c2cccc(Cl)c2)CC1. The van der Waals surface area contributed by atoms with Crippen LogP contribution in [0.15, 0.2) is 42.5 Å². The third-order valence-electron chi connectivity index (χ3n) is 5.47. The molecule has 194 valence electrons. The highest BCUT2D eigenvalue weighted by Gasteiger charge is 2.18. The summed E-state index contributed by atoms with van der Waals surface area (Å²) in [4.78, 5) is 36.1. The summed E-state index contributed by atoms with van der Waals surface area (Å²) >= 11 is 5.96. The molecule has 0 aliphatic carbocycles. The van der Waals surface area contributed by atoms with Gasteiger partial charge in [-0.2, -0.15) is 0 Å². The van der Waals surface area contributed by atoms with Crippen LogP contribution in [0.5, 0.6) is 0 Å². The number of carboxylic acid groups (broad SMARTS) is 1. The topological polar surface area (TPSA) is 161 Å². The molecule has 1 saturated heterocycles. The molecule has 1 aliphatic heterocycles. The molecule has 0 saturated carbocycles. The molecule has 0 spiro atoms. The third-order valence-corrected chi connectivity index (χ3v) is 5.71. The van der Waals surface area contributed by atoms with Gasteiger partial charge in [0.25, 0.3) is 11.9 Å². The second-order valence-electron chi connectivity index (χ2n) is 8.50. The average molecular weight is 517 g/mol. The van der Waals surface area contributed by atoms with Crippen molar-refractivity contribution >= 4 is 40.9 Å². The van der Waals surface area contributed by atoms with Crippen LogP contribution < -0.4 is 21.7 Å². The van der Waals surface area contributed by atoms with E-state index < -0.39 is 5.97 Å². The van der Waals surface area contributed by atoms with Crippen molar-refractivity contribution in [3.63, 3.8) is 0 Å². The normalized spacial score (nSPS) is 13.6. The molecule has 2 aromatic rings. The van der Waals surface area contributed by atoms with Gasteiger partial charge in [-0.3, -0.25) is 19.8 Å². The highest BCUT2D eigenvalue weighted by molar-refractivity contribution is 6.30. The van der Waals surface area contributed by atoms with Crippen LogP contribution in [0, 0.1) is 5.41 Å². The van der Waals surface area contributed by atoms with Crippen LogP contribution in [0.4, 0.5) is 5.69 Å². The predicted molar refractivity (Wildman–Crippen MR) is 141 cm³/mol. The minimum Gasteiger partial charge on any atom is -0.481 e. The van der Waals surface area contributed by atoms with Gasteiger partial charge in [0, 0.05) is 41.3 Å². The summed E-state index contributed by atoms with van der Waals surface area (Å²) in [5, 5.41) is 24.7. The Kier molecular flexibility index (Phi) is 11.2. The molecule has 0 aromatic heterocycles. The van der Waals surface area contributed by atoms with E-state index in [-0.39, 0.29) is 36.8 Å². The molecule has 1 heterocycles. The number of halogens is 1. The smallest absolute Gasteiger partial charge is 0.300 e. The number of nitrogen functional groups attached to an aromatic ring is 1. The number of nitrogens with two attached hydrogens (primary N) is 1. The fourth-order valence-electron chi connectivity index (χ4n) is 3.58. The molecule has 0 radical (unpaired) electrons. The lowest BCUT2D eigenvalue weighted by Crippen LogP contribution is -2.45. The monoisotopic (exact) mass is 516 g/mol. The number of amidine groups is 1. The Balaban J connectivity index is 0.00000106. The second kappa shape index (κ2) is 14.1. The zero-order chi connectivity index (χ0) is 26.7. The number of benzene rings is 2. The number of aliphatic carboxylic acids is 1. The van der Waals surface area contributed by atoms with Crippen LogP contribution >= 0.6 is 11.6 Å². The minimum absolute atomic E-state index is 0.0710. The fourth-order valence-corrected chi connectivity index (χ4v) is 3.77. The van der Waals surface area contributed by atoms with E-state index in [4.69, 9.17) is 32.6 Å². The van der Waals surface area contributed by atoms with Crippen molar-refractivity contribution in [2.45, 2.75) is 32.4 Å². The maximum absolute atomic E-state index is 12.5. The van der Waals surface area contributed by atoms with Crippen LogP contribution in [0.3, 0.4) is 0 Å². The number of hydrogen-bond donors (Lipinski definition) is 6. The summed E-state index contributed by atoms with van der Waals surface area (Å²) in [5.74, 6) is -1.26. The lowest BCUT2D eigenvalue weighted by atomic mass is 10.1. The highest BCUT2D eigenvalue weighted by Crippen LogP contribution is 2.19. The average Bonchev–Trinajstić information content (AvgIpc) is 2.82. The molecule has 0 atom stereocenters. The number of piperidine rings is 1. The zero-order valence-electron chi connectivity index (χ0n) is 20.4. The number of carbonyl (C=O) groups is 3. The maximum Gasteiger partial charge on any atom is 0.300 e. The van der Waals surface area contributed by atoms with Crippen LogP contribution in [-0.2, 0) is 16.1 Å². The molecule has 2 aromatic carbocycles. The summed E-state index contributed by atoms with van der Waals surface area (Å²) in [6.07, 6.45) is 1.87. The summed E-state index contributed by atoms with van der Waals surface area (Å²) < 4.78 is 0. The van der Waals surface area contributed by atoms with Gasteiger partial charge in [-0.05, 0) is 62.8 Å². The Labute approximate surface area is 215 Å². The molecule has 3 rings (SSSR count). The zero-order valence-corrected chi connectivity index (χ0v) is 21.2. The molecule has 11 heteroatoms. The van der Waals surface area contributed by atoms with Gasteiger partial charge < -0.3 is 31.7 Å². The maximum atomic E-state index is 12.5. The largest absolute Gasteiger partial charge is 0.481 e. The first-order valence-electron chi connectivity index (χ1n) is 11.5. The first-order valence-corrected chi connectivity index (χ1v) is 11.9. The van der Waals surface area contributed by atoms with Crippen LogP contribution in [0.1, 0.15) is 41.3 Å². The van der Waals surface area contributed by atoms with E-state index >= 15 is 0 Å². The van der Waals surface area contributed by atoms with E-state index in [2.05, 4.69) is 27.9 Å². The van der Waals surface area contributed by atoms with E-state index in [0.717, 1.165) is 38.4 Å². The number of likely N-dealkylation sites (tertiary alicyclic amines) is 1. The lowest BCUT2D eigenvalue weighted by Gasteiger charge is -2.29. The summed E-state index contributed by atoms with van der Waals surface area (Å²) in [6, 6.07) is 12.1. The van der Waals surface area contributed by atoms with Gasteiger partial charge in [-0.25, -0.2) is 0 Å². The Hall–Kier alpha value is -3.63. The molecule has 36 heavy (non-hydrogen) atoms. The van der Waals surface area contributed by atoms with Crippen molar-refractivity contribution in [3.8, 4) is 0 Å². The Morgan fingerprint density at radius 2 is 1.81 bits per heavy atom. The second-order valence-corrected chi connectivity index (χ2v) is 8.93. The molecule has 7 N–H and O–H groups in total. The van der Waals surface area contributed by atoms with E-state index in [1.807, 2.05) is 0 Å². The van der Waals surface area contributed by atoms with Gasteiger partial charge in [-0.15, -0.1) is 0 Å². The van der Waals surface area contributed by atoms with Gasteiger partial charge in [0.05, 0.1) is 6.54 Å². The number of hydrogen-bond acceptors (Lipinski definition) is 6. The Morgan fingerprint density at radius 1 is 1.14 bits per heavy atom. The number of anilines is 1. The molecule has 10 nitrogen and oxygen atoms in total. The molecular weight excluding hydrogens is 484 g/mol. The van der Waals surface area contributed by atoms with Gasteiger partial charge in [-0.1, -0.05) is 29.8 Å². The van der Waals surface area contributed by atoms with Crippen LogP contribution in [-0.4, -0.2) is 66.3 Å². The number of nitrogens with one attached hydrogen (secondary N) is 4. The van der Waals surface area contributed by atoms with E-state index in [1.54, 1.807) is 42.5 Å². The van der Waals surface area contributed by atoms with Gasteiger partial charge in [0.2, 0.25) is 5.91 Å². The molecule has 0 bridgehead atoms. The molecule has 0 unspecified atom stereocenters. The molecule has 1 fully saturated rings. The van der Waals surface area contributed by atoms with Crippen LogP contribution in [0.25, 0.3) is 0 Å². The van der Waals surface area contributed by atoms with E-state index in [0.29, 0.717) is 21.8 Å². The van der Waals surface area contributed by atoms with Crippen molar-refractivity contribution in [3.05, 3.63) is 64.2 Å². The lowest BCUT2D eigenvalue weighted by molar-refractivity contribution is -0.134. The van der Waals surface area contributed by atoms with E-state index in [1.165, 1.54) is 0 Å². The molecule has 1 aliphatic rings. The Morgan fingerprint density at radius 3 is 2.42 bits per heavy atom. The number of nitrogens with zero attached hydrogens (tertiary/aromatic N) is 1. The minimum atomic E-state index is -0.833. The van der Waals surface area contributed by atoms with Crippen molar-refractivity contribution in [1.82, 2.24) is 15.5 Å². The van der Waals surface area contributed by atoms with Gasteiger partial charge >= 0.3 is 0 Å². The van der Waals surface area contributed by atoms with Gasteiger partial charge in [0.1, 0.15) is 5.84 Å². The number of carboxylic acids is 1. The standard InChI is InChI=1S/C23H29ClN6O2.C2H4O2/c1-30-9-7-19(8-10-30)29-21(31)14-27-20-12-15(22(25)26)5-6-17(20)13-28-23(32)16-3-2-4-18(24)11-16;1-2(3)4/h2-6,11-12,19,27H,7-10,13-14H2,1H3,(H3,25,26)(H,28,32)(H,29,31);1H3,(H,3,4). The summed E-state index contributed by atoms with van der Waals surface area (Å²) in [7, 11) is 2.08. The van der Waals surface area contributed by atoms with E-state index in [9.17, 15) is 9.59 Å². The summed E-state index contributed by atoms with van der Waals surface area (Å²) in [6.45, 7) is 3.34. The van der Waals surface area contributed by atoms with Gasteiger partial charge in [0.15, 0.2) is 0 Å². The molecular formula is C25H33ClN6O4. The first kappa shape index (κ1) is 28.6. The van der Waals surface area contributed by atoms with Crippen molar-refractivity contribution in [1.29, 1.82) is 5.41 Å². The van der Waals surface area contributed by atoms with Crippen molar-refractivity contribution < 1.29 is 19.5 Å². The summed E-state index contributed by atoms with van der Waals surface area (Å²) in [5.41, 5.74) is 8.04. The fraction of sp³-hybridized carbons (Fsp3) is 0.360. The highest BCUT2D eigenvalue weighted by atomic mass is 35.5. The molecule has 2 amide bonds.